The molecule has 1 heterocycles. The molecule has 0 aliphatic heterocycles. The van der Waals surface area contributed by atoms with E-state index in [1.54, 1.807) is 17.8 Å². The van der Waals surface area contributed by atoms with Gasteiger partial charge in [-0.25, -0.2) is 4.68 Å². The van der Waals surface area contributed by atoms with E-state index in [2.05, 4.69) is 10.3 Å². The van der Waals surface area contributed by atoms with Crippen LogP contribution in [0.5, 0.6) is 0 Å². The van der Waals surface area contributed by atoms with Crippen molar-refractivity contribution in [2.45, 2.75) is 45.1 Å². The number of carboxylic acids is 1. The number of carbonyl (C=O) groups is 1. The van der Waals surface area contributed by atoms with Crippen molar-refractivity contribution in [2.24, 2.45) is 5.92 Å². The van der Waals surface area contributed by atoms with Gasteiger partial charge >= 0.3 is 5.97 Å². The van der Waals surface area contributed by atoms with Crippen LogP contribution in [-0.4, -0.2) is 26.1 Å². The predicted octanol–water partition coefficient (Wildman–Crippen LogP) is 1.66. The van der Waals surface area contributed by atoms with Gasteiger partial charge in [0, 0.05) is 6.54 Å². The first-order valence-corrected chi connectivity index (χ1v) is 5.79. The quantitative estimate of drug-likeness (QED) is 0.842. The van der Waals surface area contributed by atoms with Crippen molar-refractivity contribution in [3.05, 3.63) is 11.9 Å². The third-order valence-corrected chi connectivity index (χ3v) is 3.37. The molecule has 1 aromatic rings. The van der Waals surface area contributed by atoms with Crippen LogP contribution in [0.2, 0.25) is 0 Å². The average molecular weight is 223 g/mol. The summed E-state index contributed by atoms with van der Waals surface area (Å²) >= 11 is 0. The highest BCUT2D eigenvalue weighted by Gasteiger charge is 2.22. The molecule has 2 rings (SSSR count). The molecule has 1 unspecified atom stereocenters. The van der Waals surface area contributed by atoms with Crippen LogP contribution in [-0.2, 0) is 11.3 Å². The van der Waals surface area contributed by atoms with Gasteiger partial charge < -0.3 is 5.11 Å². The largest absolute Gasteiger partial charge is 0.481 e. The fourth-order valence-corrected chi connectivity index (χ4v) is 2.31. The molecule has 88 valence electrons. The molecule has 1 saturated carbocycles. The first-order chi connectivity index (χ1) is 7.68. The van der Waals surface area contributed by atoms with Crippen molar-refractivity contribution in [1.82, 2.24) is 15.0 Å². The molecule has 0 saturated heterocycles. The Morgan fingerprint density at radius 1 is 1.62 bits per heavy atom. The average Bonchev–Trinajstić information content (AvgIpc) is 2.88. The molecule has 1 aromatic heterocycles. The number of rotatable bonds is 4. The summed E-state index contributed by atoms with van der Waals surface area (Å²) in [5.41, 5.74) is 0.708. The lowest BCUT2D eigenvalue weighted by atomic mass is 10.1. The number of carboxylic acid groups (broad SMARTS) is 1. The molecule has 0 aromatic carbocycles. The number of hydrogen-bond acceptors (Lipinski definition) is 3. The maximum Gasteiger partial charge on any atom is 0.312 e. The Hall–Kier alpha value is -1.39. The maximum atomic E-state index is 10.9. The standard InChI is InChI=1S/C11H17N3O2/c1-8(11(15)16)10-6-12-13-14(10)7-9-4-2-3-5-9/h6,8-9H,2-5,7H2,1H3,(H,15,16). The molecule has 16 heavy (non-hydrogen) atoms. The molecule has 1 atom stereocenters. The van der Waals surface area contributed by atoms with Gasteiger partial charge in [-0.2, -0.15) is 0 Å². The molecule has 1 N–H and O–H groups in total. The molecule has 1 aliphatic carbocycles. The van der Waals surface area contributed by atoms with Crippen LogP contribution in [0.25, 0.3) is 0 Å². The maximum absolute atomic E-state index is 10.9. The molecule has 1 fully saturated rings. The third-order valence-electron chi connectivity index (χ3n) is 3.37. The van der Waals surface area contributed by atoms with Crippen LogP contribution in [0, 0.1) is 5.92 Å². The van der Waals surface area contributed by atoms with Crippen LogP contribution >= 0.6 is 0 Å². The lowest BCUT2D eigenvalue weighted by molar-refractivity contribution is -0.138. The highest BCUT2D eigenvalue weighted by Crippen LogP contribution is 2.27. The van der Waals surface area contributed by atoms with E-state index in [1.807, 2.05) is 0 Å². The number of aromatic nitrogens is 3. The van der Waals surface area contributed by atoms with Crippen molar-refractivity contribution >= 4 is 5.97 Å². The molecule has 1 aliphatic rings. The van der Waals surface area contributed by atoms with E-state index < -0.39 is 11.9 Å². The summed E-state index contributed by atoms with van der Waals surface area (Å²) in [6.07, 6.45) is 6.57. The van der Waals surface area contributed by atoms with Crippen LogP contribution in [0.1, 0.15) is 44.2 Å². The van der Waals surface area contributed by atoms with Crippen LogP contribution in [0.15, 0.2) is 6.20 Å². The second-order valence-corrected chi connectivity index (χ2v) is 4.55. The number of hydrogen-bond donors (Lipinski definition) is 1. The third kappa shape index (κ3) is 2.23. The van der Waals surface area contributed by atoms with Gasteiger partial charge in [0.25, 0.3) is 0 Å². The summed E-state index contributed by atoms with van der Waals surface area (Å²) < 4.78 is 1.76. The molecule has 5 heteroatoms. The summed E-state index contributed by atoms with van der Waals surface area (Å²) in [4.78, 5) is 10.9. The van der Waals surface area contributed by atoms with Gasteiger partial charge in [-0.05, 0) is 25.7 Å². The van der Waals surface area contributed by atoms with Gasteiger partial charge in [0.1, 0.15) is 0 Å². The summed E-state index contributed by atoms with van der Waals surface area (Å²) in [5.74, 6) is -0.715. The Balaban J connectivity index is 2.09. The monoisotopic (exact) mass is 223 g/mol. The fourth-order valence-electron chi connectivity index (χ4n) is 2.31. The van der Waals surface area contributed by atoms with Crippen molar-refractivity contribution in [2.75, 3.05) is 0 Å². The van der Waals surface area contributed by atoms with Gasteiger partial charge in [-0.1, -0.05) is 18.1 Å². The van der Waals surface area contributed by atoms with E-state index in [1.165, 1.54) is 25.7 Å². The zero-order chi connectivity index (χ0) is 11.5. The minimum Gasteiger partial charge on any atom is -0.481 e. The van der Waals surface area contributed by atoms with Crippen LogP contribution < -0.4 is 0 Å². The Labute approximate surface area is 94.5 Å². The van der Waals surface area contributed by atoms with E-state index in [0.29, 0.717) is 11.6 Å². The first kappa shape index (κ1) is 11.1. The molecule has 0 spiro atoms. The Bertz CT molecular complexity index is 369. The lowest BCUT2D eigenvalue weighted by Crippen LogP contribution is -2.17. The van der Waals surface area contributed by atoms with E-state index in [0.717, 1.165) is 6.54 Å². The van der Waals surface area contributed by atoms with Crippen molar-refractivity contribution in [3.63, 3.8) is 0 Å². The minimum atomic E-state index is -0.824. The van der Waals surface area contributed by atoms with Crippen molar-refractivity contribution in [3.8, 4) is 0 Å². The summed E-state index contributed by atoms with van der Waals surface area (Å²) in [7, 11) is 0. The molecule has 0 amide bonds. The summed E-state index contributed by atoms with van der Waals surface area (Å²) in [5, 5.41) is 16.8. The van der Waals surface area contributed by atoms with Gasteiger partial charge in [0.15, 0.2) is 0 Å². The number of nitrogens with zero attached hydrogens (tertiary/aromatic N) is 3. The Morgan fingerprint density at radius 3 is 2.94 bits per heavy atom. The Morgan fingerprint density at radius 2 is 2.31 bits per heavy atom. The molecule has 5 nitrogen and oxygen atoms in total. The Kier molecular flexibility index (Phi) is 3.22. The smallest absolute Gasteiger partial charge is 0.312 e. The zero-order valence-corrected chi connectivity index (χ0v) is 9.46. The van der Waals surface area contributed by atoms with Crippen LogP contribution in [0.3, 0.4) is 0 Å². The van der Waals surface area contributed by atoms with Crippen molar-refractivity contribution < 1.29 is 9.90 Å². The molecule has 0 radical (unpaired) electrons. The van der Waals surface area contributed by atoms with Crippen LogP contribution in [0.4, 0.5) is 0 Å². The predicted molar refractivity (Wildman–Crippen MR) is 58.0 cm³/mol. The fraction of sp³-hybridized carbons (Fsp3) is 0.727. The van der Waals surface area contributed by atoms with E-state index in [4.69, 9.17) is 5.11 Å². The van der Waals surface area contributed by atoms with E-state index in [-0.39, 0.29) is 0 Å². The van der Waals surface area contributed by atoms with E-state index >= 15 is 0 Å². The minimum absolute atomic E-state index is 0.531. The van der Waals surface area contributed by atoms with Crippen molar-refractivity contribution in [1.29, 1.82) is 0 Å². The highest BCUT2D eigenvalue weighted by molar-refractivity contribution is 5.74. The zero-order valence-electron chi connectivity index (χ0n) is 9.46. The summed E-state index contributed by atoms with van der Waals surface area (Å²) in [6.45, 7) is 2.49. The van der Waals surface area contributed by atoms with Gasteiger partial charge in [-0.3, -0.25) is 4.79 Å². The first-order valence-electron chi connectivity index (χ1n) is 5.79. The van der Waals surface area contributed by atoms with E-state index in [9.17, 15) is 4.79 Å². The highest BCUT2D eigenvalue weighted by atomic mass is 16.4. The van der Waals surface area contributed by atoms with Gasteiger partial charge in [0.2, 0.25) is 0 Å². The normalized spacial score (nSPS) is 18.8. The van der Waals surface area contributed by atoms with Gasteiger partial charge in [-0.15, -0.1) is 5.10 Å². The topological polar surface area (TPSA) is 68.0 Å². The second kappa shape index (κ2) is 4.63. The second-order valence-electron chi connectivity index (χ2n) is 4.55. The SMILES string of the molecule is CC(C(=O)O)c1cnnn1CC1CCCC1. The number of aliphatic carboxylic acids is 1. The molecule has 0 bridgehead atoms. The molecular formula is C11H17N3O2. The lowest BCUT2D eigenvalue weighted by Gasteiger charge is -2.13. The van der Waals surface area contributed by atoms with Gasteiger partial charge in [0.05, 0.1) is 17.8 Å². The summed E-state index contributed by atoms with van der Waals surface area (Å²) in [6, 6.07) is 0. The molecular weight excluding hydrogens is 206 g/mol.